The van der Waals surface area contributed by atoms with Crippen molar-refractivity contribution in [1.29, 1.82) is 0 Å². The van der Waals surface area contributed by atoms with E-state index < -0.39 is 0 Å². The molecule has 1 aromatic heterocycles. The molecule has 2 aliphatic rings. The zero-order chi connectivity index (χ0) is 36.6. The second-order valence-corrected chi connectivity index (χ2v) is 15.3. The van der Waals surface area contributed by atoms with E-state index in [-0.39, 0.29) is 0 Å². The van der Waals surface area contributed by atoms with Gasteiger partial charge in [0.15, 0.2) is 23.0 Å². The molecular weight excluding hydrogens is 693 g/mol. The zero-order valence-corrected chi connectivity index (χ0v) is 31.1. The molecule has 0 bridgehead atoms. The van der Waals surface area contributed by atoms with Crippen molar-refractivity contribution in [2.24, 2.45) is 0 Å². The number of fused-ring (bicyclic) bond motifs is 7. The number of anilines is 6. The van der Waals surface area contributed by atoms with Crippen LogP contribution in [-0.4, -0.2) is 0 Å². The van der Waals surface area contributed by atoms with Crippen molar-refractivity contribution < 1.29 is 9.47 Å². The van der Waals surface area contributed by atoms with Gasteiger partial charge in [-0.2, -0.15) is 0 Å². The van der Waals surface area contributed by atoms with Crippen LogP contribution in [0.3, 0.4) is 0 Å². The van der Waals surface area contributed by atoms with E-state index in [2.05, 4.69) is 145 Å². The lowest BCUT2D eigenvalue weighted by molar-refractivity contribution is 0.477. The van der Waals surface area contributed by atoms with Gasteiger partial charge in [0, 0.05) is 31.5 Å². The lowest BCUT2D eigenvalue weighted by Crippen LogP contribution is -2.15. The summed E-state index contributed by atoms with van der Waals surface area (Å²) in [7, 11) is 0. The van der Waals surface area contributed by atoms with E-state index in [1.54, 1.807) is 0 Å². The quantitative estimate of drug-likeness (QED) is 0.180. The molecule has 0 amide bonds. The molecule has 9 aromatic rings. The molecule has 3 heterocycles. The van der Waals surface area contributed by atoms with Gasteiger partial charge in [0.05, 0.1) is 22.7 Å². The SMILES string of the molecule is Cc1cc(-c2ccc(N3c4ccccc4Oc4ccccc43)cc2)c2sc3c(-c4ccc(N5c6ccccc6Oc6ccccc65)cc4)cc(C)cc3c2c1. The molecule has 0 atom stereocenters. The van der Waals surface area contributed by atoms with Gasteiger partial charge < -0.3 is 19.3 Å². The minimum absolute atomic E-state index is 0.855. The van der Waals surface area contributed by atoms with Crippen molar-refractivity contribution >= 4 is 65.6 Å². The van der Waals surface area contributed by atoms with Gasteiger partial charge >= 0.3 is 0 Å². The van der Waals surface area contributed by atoms with Crippen molar-refractivity contribution in [2.45, 2.75) is 13.8 Å². The van der Waals surface area contributed by atoms with E-state index in [0.29, 0.717) is 0 Å². The highest BCUT2D eigenvalue weighted by atomic mass is 32.1. The fourth-order valence-electron chi connectivity index (χ4n) is 8.24. The lowest BCUT2D eigenvalue weighted by atomic mass is 9.96. The number of ether oxygens (including phenoxy) is 2. The van der Waals surface area contributed by atoms with Crippen molar-refractivity contribution in [3.63, 3.8) is 0 Å². The molecule has 0 unspecified atom stereocenters. The Morgan fingerprint density at radius 1 is 0.382 bits per heavy atom. The van der Waals surface area contributed by atoms with E-state index in [9.17, 15) is 0 Å². The third-order valence-corrected chi connectivity index (χ3v) is 12.0. The summed E-state index contributed by atoms with van der Waals surface area (Å²) in [5.74, 6) is 3.42. The number of hydrogen-bond donors (Lipinski definition) is 0. The van der Waals surface area contributed by atoms with Gasteiger partial charge in [-0.15, -0.1) is 11.3 Å². The van der Waals surface area contributed by atoms with Crippen molar-refractivity contribution in [3.05, 3.63) is 181 Å². The smallest absolute Gasteiger partial charge is 0.151 e. The number of rotatable bonds is 4. The van der Waals surface area contributed by atoms with Crippen LogP contribution >= 0.6 is 11.3 Å². The molecule has 0 radical (unpaired) electrons. The average molecular weight is 727 g/mol. The molecule has 11 rings (SSSR count). The van der Waals surface area contributed by atoms with E-state index in [4.69, 9.17) is 9.47 Å². The van der Waals surface area contributed by atoms with Gasteiger partial charge in [-0.3, -0.25) is 0 Å². The predicted molar refractivity (Wildman–Crippen MR) is 229 cm³/mol. The molecule has 5 heteroatoms. The van der Waals surface area contributed by atoms with Crippen LogP contribution in [0.25, 0.3) is 42.4 Å². The maximum absolute atomic E-state index is 6.27. The summed E-state index contributed by atoms with van der Waals surface area (Å²) in [5.41, 5.74) is 13.7. The number of hydrogen-bond acceptors (Lipinski definition) is 5. The van der Waals surface area contributed by atoms with Gasteiger partial charge in [0.25, 0.3) is 0 Å². The predicted octanol–water partition coefficient (Wildman–Crippen LogP) is 15.2. The minimum atomic E-state index is 0.855. The molecule has 0 fully saturated rings. The van der Waals surface area contributed by atoms with Crippen LogP contribution in [0.4, 0.5) is 34.1 Å². The first-order valence-electron chi connectivity index (χ1n) is 18.6. The third kappa shape index (κ3) is 5.12. The summed E-state index contributed by atoms with van der Waals surface area (Å²) in [6.07, 6.45) is 0. The lowest BCUT2D eigenvalue weighted by Gasteiger charge is -2.32. The Morgan fingerprint density at radius 3 is 1.05 bits per heavy atom. The Labute approximate surface area is 323 Å². The molecular formula is C50H34N2O2S. The second kappa shape index (κ2) is 12.4. The van der Waals surface area contributed by atoms with Crippen LogP contribution in [0.5, 0.6) is 23.0 Å². The third-order valence-electron chi connectivity index (χ3n) is 10.7. The zero-order valence-electron chi connectivity index (χ0n) is 30.3. The maximum Gasteiger partial charge on any atom is 0.151 e. The second-order valence-electron chi connectivity index (χ2n) is 14.3. The van der Waals surface area contributed by atoms with Crippen molar-refractivity contribution in [3.8, 4) is 45.3 Å². The highest BCUT2D eigenvalue weighted by molar-refractivity contribution is 7.26. The molecule has 0 saturated heterocycles. The number of para-hydroxylation sites is 8. The Bertz CT molecular complexity index is 2670. The van der Waals surface area contributed by atoms with Crippen LogP contribution in [0.2, 0.25) is 0 Å². The highest BCUT2D eigenvalue weighted by Gasteiger charge is 2.27. The molecule has 0 saturated carbocycles. The van der Waals surface area contributed by atoms with Crippen molar-refractivity contribution in [2.75, 3.05) is 9.80 Å². The first-order chi connectivity index (χ1) is 27.1. The van der Waals surface area contributed by atoms with Gasteiger partial charge in [-0.25, -0.2) is 0 Å². The van der Waals surface area contributed by atoms with Gasteiger partial charge in [-0.05, 0) is 144 Å². The molecule has 55 heavy (non-hydrogen) atoms. The largest absolute Gasteiger partial charge is 0.453 e. The molecule has 8 aromatic carbocycles. The average Bonchev–Trinajstić information content (AvgIpc) is 3.59. The normalized spacial score (nSPS) is 12.8. The van der Waals surface area contributed by atoms with E-state index in [0.717, 1.165) is 57.1 Å². The van der Waals surface area contributed by atoms with Crippen LogP contribution in [0.1, 0.15) is 11.1 Å². The van der Waals surface area contributed by atoms with Crippen molar-refractivity contribution in [1.82, 2.24) is 0 Å². The summed E-state index contributed by atoms with van der Waals surface area (Å²) >= 11 is 1.90. The Balaban J connectivity index is 0.997. The Morgan fingerprint density at radius 2 is 0.709 bits per heavy atom. The summed E-state index contributed by atoms with van der Waals surface area (Å²) in [5, 5.41) is 2.61. The first-order valence-corrected chi connectivity index (χ1v) is 19.4. The molecule has 4 nitrogen and oxygen atoms in total. The van der Waals surface area contributed by atoms with Crippen LogP contribution in [0, 0.1) is 13.8 Å². The fourth-order valence-corrected chi connectivity index (χ4v) is 9.58. The van der Waals surface area contributed by atoms with E-state index in [1.165, 1.54) is 53.6 Å². The summed E-state index contributed by atoms with van der Waals surface area (Å²) in [6, 6.07) is 60.3. The number of thiophene rings is 1. The molecule has 0 spiro atoms. The maximum atomic E-state index is 6.27. The molecule has 0 aliphatic carbocycles. The topological polar surface area (TPSA) is 24.9 Å². The fraction of sp³-hybridized carbons (Fsp3) is 0.0400. The first kappa shape index (κ1) is 31.7. The highest BCUT2D eigenvalue weighted by Crippen LogP contribution is 2.52. The summed E-state index contributed by atoms with van der Waals surface area (Å²) in [4.78, 5) is 4.58. The molecule has 0 N–H and O–H groups in total. The minimum Gasteiger partial charge on any atom is -0.453 e. The van der Waals surface area contributed by atoms with Gasteiger partial charge in [0.2, 0.25) is 0 Å². The molecule has 2 aliphatic heterocycles. The summed E-state index contributed by atoms with van der Waals surface area (Å²) < 4.78 is 15.2. The van der Waals surface area contributed by atoms with E-state index >= 15 is 0 Å². The van der Waals surface area contributed by atoms with Crippen LogP contribution in [0.15, 0.2) is 170 Å². The van der Waals surface area contributed by atoms with Gasteiger partial charge in [-0.1, -0.05) is 72.8 Å². The number of benzene rings is 8. The number of aryl methyl sites for hydroxylation is 2. The monoisotopic (exact) mass is 726 g/mol. The Kier molecular flexibility index (Phi) is 7.13. The molecule has 262 valence electrons. The summed E-state index contributed by atoms with van der Waals surface area (Å²) in [6.45, 7) is 4.42. The Hall–Kier alpha value is -6.82. The number of nitrogens with zero attached hydrogens (tertiary/aromatic N) is 2. The van der Waals surface area contributed by atoms with Gasteiger partial charge in [0.1, 0.15) is 0 Å². The standard InChI is InChI=1S/C50H34N2O2S/c1-31-27-37(33-19-23-35(24-20-33)51-41-11-3-7-15-45(41)53-46-16-8-4-12-42(46)51)49-39(29-31)40-30-32(2)28-38(50(40)55-49)34-21-25-36(26-22-34)52-43-13-5-9-17-47(43)54-48-18-10-6-14-44(48)52/h3-30H,1-2H3. The van der Waals surface area contributed by atoms with Crippen LogP contribution in [-0.2, 0) is 0 Å². The van der Waals surface area contributed by atoms with Crippen LogP contribution < -0.4 is 19.3 Å². The van der Waals surface area contributed by atoms with E-state index in [1.807, 2.05) is 59.9 Å².